The summed E-state index contributed by atoms with van der Waals surface area (Å²) in [6.45, 7) is 17.9. The lowest BCUT2D eigenvalue weighted by atomic mass is 9.95. The van der Waals surface area contributed by atoms with Gasteiger partial charge in [-0.2, -0.15) is 18.3 Å². The quantitative estimate of drug-likeness (QED) is 0.0579. The molecule has 6 heterocycles. The Morgan fingerprint density at radius 2 is 0.989 bits per heavy atom. The van der Waals surface area contributed by atoms with E-state index in [-0.39, 0.29) is 59.1 Å². The van der Waals surface area contributed by atoms with Crippen molar-refractivity contribution in [3.8, 4) is 22.3 Å². The van der Waals surface area contributed by atoms with Crippen LogP contribution in [0.1, 0.15) is 107 Å². The lowest BCUT2D eigenvalue weighted by Crippen LogP contribution is -2.45. The van der Waals surface area contributed by atoms with Crippen molar-refractivity contribution in [1.29, 1.82) is 0 Å². The van der Waals surface area contributed by atoms with E-state index in [4.69, 9.17) is 4.52 Å². The van der Waals surface area contributed by atoms with E-state index >= 15 is 0 Å². The van der Waals surface area contributed by atoms with Crippen LogP contribution in [0.3, 0.4) is 0 Å². The van der Waals surface area contributed by atoms with Gasteiger partial charge in [0.2, 0.25) is 0 Å². The van der Waals surface area contributed by atoms with Crippen molar-refractivity contribution in [2.75, 3.05) is 76.1 Å². The predicted octanol–water partition coefficient (Wildman–Crippen LogP) is 11.6. The number of Topliss-reactive ketones (excluding diaryl/α,β-unsaturated/α-hetero) is 2. The number of piperazine rings is 2. The van der Waals surface area contributed by atoms with Gasteiger partial charge in [0.25, 0.3) is 17.7 Å². The van der Waals surface area contributed by atoms with Crippen LogP contribution in [0.25, 0.3) is 22.3 Å². The molecule has 2 saturated heterocycles. The van der Waals surface area contributed by atoms with Gasteiger partial charge in [-0.15, -0.1) is 0 Å². The normalized spacial score (nSPS) is 14.5. The fraction of sp³-hybridized carbons (Fsp3) is 0.333. The van der Waals surface area contributed by atoms with Gasteiger partial charge >= 0.3 is 6.18 Å². The van der Waals surface area contributed by atoms with Gasteiger partial charge in [0.05, 0.1) is 29.1 Å². The fourth-order valence-electron chi connectivity index (χ4n) is 10.6. The minimum Gasteiger partial charge on any atom is -0.364 e. The van der Waals surface area contributed by atoms with Crippen LogP contribution in [0.15, 0.2) is 139 Å². The molecule has 16 nitrogen and oxygen atoms in total. The number of benzene rings is 4. The molecule has 0 unspecified atom stereocenters. The Kier molecular flexibility index (Phi) is 20.1. The minimum atomic E-state index is -4.54. The first kappa shape index (κ1) is 62.9. The Morgan fingerprint density at radius 3 is 1.41 bits per heavy atom. The van der Waals surface area contributed by atoms with E-state index in [1.54, 1.807) is 96.9 Å². The molecular weight excluding hydrogens is 1120 g/mol. The molecule has 0 saturated carbocycles. The lowest BCUT2D eigenvalue weighted by Gasteiger charge is -2.34. The number of nitrogens with zero attached hydrogens (tertiary/aromatic N) is 9. The van der Waals surface area contributed by atoms with Crippen LogP contribution in [-0.4, -0.2) is 133 Å². The van der Waals surface area contributed by atoms with Gasteiger partial charge < -0.3 is 25.0 Å². The van der Waals surface area contributed by atoms with Crippen molar-refractivity contribution in [3.63, 3.8) is 0 Å². The van der Waals surface area contributed by atoms with Gasteiger partial charge in [-0.05, 0) is 96.7 Å². The molecule has 0 atom stereocenters. The molecule has 2 aliphatic heterocycles. The van der Waals surface area contributed by atoms with Gasteiger partial charge in [0.1, 0.15) is 6.26 Å². The second kappa shape index (κ2) is 27.8. The number of nitrogens with one attached hydrogen (secondary N) is 2. The van der Waals surface area contributed by atoms with E-state index in [2.05, 4.69) is 59.4 Å². The first-order valence-corrected chi connectivity index (χ1v) is 28.9. The van der Waals surface area contributed by atoms with Crippen LogP contribution in [-0.2, 0) is 45.1 Å². The zero-order valence-electron chi connectivity index (χ0n) is 49.6. The fourth-order valence-corrected chi connectivity index (χ4v) is 10.6. The number of hydrogen-bond donors (Lipinski definition) is 2. The van der Waals surface area contributed by atoms with Crippen LogP contribution in [0.5, 0.6) is 0 Å². The smallest absolute Gasteiger partial charge is 0.364 e. The van der Waals surface area contributed by atoms with E-state index in [0.29, 0.717) is 70.0 Å². The summed E-state index contributed by atoms with van der Waals surface area (Å²) in [6.07, 6.45) is 7.85. The van der Waals surface area contributed by atoms with Gasteiger partial charge in [-0.3, -0.25) is 43.6 Å². The number of carbonyl (C=O) groups excluding carboxylic acids is 4. The number of alkyl halides is 5. The highest BCUT2D eigenvalue weighted by Crippen LogP contribution is 2.35. The minimum absolute atomic E-state index is 0.0357. The molecule has 21 heteroatoms. The van der Waals surface area contributed by atoms with Crippen molar-refractivity contribution in [1.82, 2.24) is 44.5 Å². The molecule has 0 radical (unpaired) electrons. The summed E-state index contributed by atoms with van der Waals surface area (Å²) in [4.78, 5) is 69.9. The van der Waals surface area contributed by atoms with Crippen LogP contribution >= 0.6 is 0 Å². The van der Waals surface area contributed by atoms with E-state index in [1.165, 1.54) is 37.0 Å². The van der Waals surface area contributed by atoms with Crippen LogP contribution in [0.2, 0.25) is 0 Å². The summed E-state index contributed by atoms with van der Waals surface area (Å²) in [6, 6.07) is 22.4. The second-order valence-electron chi connectivity index (χ2n) is 22.2. The summed E-state index contributed by atoms with van der Waals surface area (Å²) in [5, 5.41) is 13.5. The maximum atomic E-state index is 14.7. The monoisotopic (exact) mass is 1190 g/mol. The Labute approximate surface area is 502 Å². The Bertz CT molecular complexity index is 3730. The summed E-state index contributed by atoms with van der Waals surface area (Å²) >= 11 is 0. The van der Waals surface area contributed by atoms with Gasteiger partial charge in [-0.1, -0.05) is 67.5 Å². The lowest BCUT2D eigenvalue weighted by molar-refractivity contribution is -0.138. The van der Waals surface area contributed by atoms with E-state index in [0.717, 1.165) is 87.6 Å². The zero-order chi connectivity index (χ0) is 62.0. The number of anilines is 2. The van der Waals surface area contributed by atoms with Gasteiger partial charge in [-0.25, -0.2) is 8.78 Å². The van der Waals surface area contributed by atoms with E-state index in [9.17, 15) is 41.1 Å². The van der Waals surface area contributed by atoms with Crippen LogP contribution < -0.4 is 10.6 Å². The number of carbonyl (C=O) groups is 4. The first-order valence-electron chi connectivity index (χ1n) is 28.9. The third kappa shape index (κ3) is 16.5. The molecular formula is C66H70F5N11O5. The molecule has 0 bridgehead atoms. The first-order chi connectivity index (χ1) is 41.6. The zero-order valence-corrected chi connectivity index (χ0v) is 49.6. The summed E-state index contributed by atoms with van der Waals surface area (Å²) < 4.78 is 78.2. The number of aromatic nitrogens is 5. The molecule has 4 aromatic heterocycles. The van der Waals surface area contributed by atoms with Crippen molar-refractivity contribution in [3.05, 3.63) is 201 Å². The summed E-state index contributed by atoms with van der Waals surface area (Å²) in [5.41, 5.74) is 7.48. The molecule has 2 aliphatic rings. The molecule has 2 N–H and O–H groups in total. The molecule has 8 aromatic rings. The summed E-state index contributed by atoms with van der Waals surface area (Å²) in [7, 11) is 1.81. The number of amides is 2. The Hall–Kier alpha value is -8.63. The highest BCUT2D eigenvalue weighted by Gasteiger charge is 2.35. The van der Waals surface area contributed by atoms with Crippen LogP contribution in [0.4, 0.5) is 33.3 Å². The Balaban J connectivity index is 0.000000208. The van der Waals surface area contributed by atoms with Crippen LogP contribution in [0, 0.1) is 13.8 Å². The Morgan fingerprint density at radius 1 is 0.529 bits per heavy atom. The maximum Gasteiger partial charge on any atom is 0.416 e. The van der Waals surface area contributed by atoms with Gasteiger partial charge in [0.15, 0.2) is 11.6 Å². The van der Waals surface area contributed by atoms with E-state index in [1.807, 2.05) is 25.1 Å². The number of likely N-dealkylation sites (N-methyl/N-ethyl adjacent to an activating group) is 2. The standard InChI is InChI=1S/C34H38F2N6O2.C32H32F3N5O3/c1-5-41-10-12-42(13-11-41)22-26-9-7-24(14-30(26)34(3,35)36)15-32(43)25-8-6-23(2)31(17-25)39-33(44)28-16-27(18-37-19-28)29-20-38-40(4)21-29;1-3-39-8-10-40(11-9-39)19-24-7-5-22(12-28(24)32(33,34)35)13-30(41)23-6-4-21(2)29(15-23)38-31(42)26-14-25(16-36-17-26)27-18-37-43-20-27/h6-9,14,16-21H,5,10-13,15,22H2,1-4H3,(H,39,44);4-7,12,14-18,20H,3,8-11,13,19H2,1-2H3,(H,38,42). The van der Waals surface area contributed by atoms with Gasteiger partial charge in [0, 0.05) is 174 Å². The largest absolute Gasteiger partial charge is 0.416 e. The molecule has 2 amide bonds. The third-order valence-electron chi connectivity index (χ3n) is 15.9. The van der Waals surface area contributed by atoms with Crippen molar-refractivity contribution < 1.29 is 45.7 Å². The molecule has 0 aliphatic carbocycles. The number of aryl methyl sites for hydroxylation is 3. The molecule has 10 rings (SSSR count). The van der Waals surface area contributed by atoms with Crippen molar-refractivity contribution in [2.45, 2.75) is 72.6 Å². The number of hydrogen-bond acceptors (Lipinski definition) is 13. The molecule has 2 fully saturated rings. The second-order valence-corrected chi connectivity index (χ2v) is 22.2. The molecule has 0 spiro atoms. The number of pyridine rings is 2. The van der Waals surface area contributed by atoms with E-state index < -0.39 is 23.6 Å². The molecule has 87 heavy (non-hydrogen) atoms. The average Bonchev–Trinajstić information content (AvgIpc) is 3.00. The predicted molar refractivity (Wildman–Crippen MR) is 323 cm³/mol. The summed E-state index contributed by atoms with van der Waals surface area (Å²) in [5.74, 6) is -4.42. The number of halogens is 5. The number of ketones is 2. The van der Waals surface area contributed by atoms with Crippen molar-refractivity contribution in [2.24, 2.45) is 7.05 Å². The molecule has 4 aromatic carbocycles. The third-order valence-corrected chi connectivity index (χ3v) is 15.9. The maximum absolute atomic E-state index is 14.7. The molecule has 454 valence electrons. The highest BCUT2D eigenvalue weighted by atomic mass is 19.4. The topological polar surface area (TPSA) is 175 Å². The SMILES string of the molecule is CCN1CCN(Cc2ccc(CC(=O)c3ccc(C)c(NC(=O)c4cncc(-c5cnn(C)c5)c4)c3)cc2C(C)(F)F)CC1.CCN1CCN(Cc2ccc(CC(=O)c3ccc(C)c(NC(=O)c4cncc(-c5cnoc5)c4)c3)cc2C(F)(F)F)CC1. The highest BCUT2D eigenvalue weighted by molar-refractivity contribution is 6.07. The average molecular weight is 1190 g/mol. The number of rotatable bonds is 19. The van der Waals surface area contributed by atoms with Crippen molar-refractivity contribution >= 4 is 34.8 Å².